The molecule has 0 radical (unpaired) electrons. The van der Waals surface area contributed by atoms with E-state index in [2.05, 4.69) is 19.2 Å². The Morgan fingerprint density at radius 1 is 0.508 bits per heavy atom. The van der Waals surface area contributed by atoms with E-state index in [4.69, 9.17) is 4.52 Å². The Morgan fingerprint density at radius 2 is 1.06 bits per heavy atom. The van der Waals surface area contributed by atoms with Crippen LogP contribution in [0.1, 0.15) is 58.1 Å². The Labute approximate surface area is 367 Å². The molecular formula is C51H31N5O5S2. The number of benzene rings is 7. The summed E-state index contributed by atoms with van der Waals surface area (Å²) in [5.74, 6) is -0.177. The Bertz CT molecular complexity index is 3570. The van der Waals surface area contributed by atoms with E-state index in [1.54, 1.807) is 18.2 Å². The average Bonchev–Trinajstić information content (AvgIpc) is 4.09. The lowest BCUT2D eigenvalue weighted by Gasteiger charge is -2.22. The first kappa shape index (κ1) is 38.0. The molecule has 0 saturated heterocycles. The molecule has 0 saturated carbocycles. The zero-order valence-corrected chi connectivity index (χ0v) is 35.1. The highest BCUT2D eigenvalue weighted by Crippen LogP contribution is 2.45. The zero-order valence-electron chi connectivity index (χ0n) is 33.5. The van der Waals surface area contributed by atoms with Gasteiger partial charge < -0.3 is 14.7 Å². The molecule has 3 aliphatic rings. The maximum Gasteiger partial charge on any atom is 0.255 e. The standard InChI is InChI=1S/C21H12N2O2S.C16H12N2OS.C14H7NO2/c24-20-14-9-5-4-8-13(14)19-18-16(26-23-19)11-10-15(17(18)20)22-21(25)12-6-2-1-3-7-12;1-18(2)11-7-3-5-9-13(11)16(19)10-6-4-8-12-14(10)15(9)17-20-12;16-14-9-5-2-1-4-8(9)13-12-10(14)6-3-7-11(12)17-15-13/h1-11H,(H,22,25);3-8H,1-2H3;1-7H. The van der Waals surface area contributed by atoms with Gasteiger partial charge in [-0.1, -0.05) is 108 Å². The van der Waals surface area contributed by atoms with Gasteiger partial charge in [0.1, 0.15) is 5.69 Å². The first-order valence-corrected chi connectivity index (χ1v) is 21.5. The Hall–Kier alpha value is -7.93. The number of nitrogens with zero attached hydrogens (tertiary/aromatic N) is 4. The fourth-order valence-corrected chi connectivity index (χ4v) is 10.2. The smallest absolute Gasteiger partial charge is 0.255 e. The fraction of sp³-hybridized carbons (Fsp3) is 0.0392. The van der Waals surface area contributed by atoms with E-state index in [-0.39, 0.29) is 23.3 Å². The first-order chi connectivity index (χ1) is 30.8. The van der Waals surface area contributed by atoms with Crippen LogP contribution in [-0.2, 0) is 0 Å². The van der Waals surface area contributed by atoms with Crippen molar-refractivity contribution in [1.29, 1.82) is 0 Å². The fourth-order valence-electron chi connectivity index (χ4n) is 8.61. The van der Waals surface area contributed by atoms with E-state index in [9.17, 15) is 19.2 Å². The molecule has 0 bridgehead atoms. The summed E-state index contributed by atoms with van der Waals surface area (Å²) < 4.78 is 16.4. The van der Waals surface area contributed by atoms with E-state index in [1.807, 2.05) is 146 Å². The van der Waals surface area contributed by atoms with Crippen LogP contribution in [0.15, 0.2) is 150 Å². The number of amides is 1. The van der Waals surface area contributed by atoms with Crippen molar-refractivity contribution in [2.24, 2.45) is 0 Å². The van der Waals surface area contributed by atoms with Crippen molar-refractivity contribution in [2.45, 2.75) is 0 Å². The summed E-state index contributed by atoms with van der Waals surface area (Å²) in [5.41, 5.74) is 11.9. The highest BCUT2D eigenvalue weighted by molar-refractivity contribution is 7.14. The van der Waals surface area contributed by atoms with E-state index in [0.717, 1.165) is 76.1 Å². The molecule has 13 rings (SSSR count). The molecule has 0 fully saturated rings. The third-order valence-electron chi connectivity index (χ3n) is 11.5. The van der Waals surface area contributed by atoms with Crippen LogP contribution in [0, 0.1) is 0 Å². The summed E-state index contributed by atoms with van der Waals surface area (Å²) in [7, 11) is 3.92. The predicted octanol–water partition coefficient (Wildman–Crippen LogP) is 11.4. The SMILES string of the molecule is CN(C)c1cccc2c1C(=O)c1cccc3snc-2c13.O=C(Nc1ccc2snc3c2c1C(=O)c1ccccc1-3)c1ccccc1.O=C1c2ccccc2-c2noc3cccc1c23. The average molecular weight is 858 g/mol. The van der Waals surface area contributed by atoms with Gasteiger partial charge in [0, 0.05) is 75.1 Å². The molecule has 1 amide bonds. The van der Waals surface area contributed by atoms with Gasteiger partial charge in [-0.2, -0.15) is 8.75 Å². The summed E-state index contributed by atoms with van der Waals surface area (Å²) in [5, 5.41) is 9.63. The Balaban J connectivity index is 0.000000108. The first-order valence-electron chi connectivity index (χ1n) is 20.0. The van der Waals surface area contributed by atoms with Crippen LogP contribution in [-0.4, -0.2) is 51.3 Å². The summed E-state index contributed by atoms with van der Waals surface area (Å²) in [4.78, 5) is 52.9. The highest BCUT2D eigenvalue weighted by atomic mass is 32.1. The summed E-state index contributed by atoms with van der Waals surface area (Å²) >= 11 is 2.82. The van der Waals surface area contributed by atoms with Crippen molar-refractivity contribution < 1.29 is 23.7 Å². The van der Waals surface area contributed by atoms with E-state index in [1.165, 1.54) is 23.1 Å². The minimum atomic E-state index is -0.238. The van der Waals surface area contributed by atoms with Gasteiger partial charge in [0.2, 0.25) is 0 Å². The Kier molecular flexibility index (Phi) is 9.00. The quantitative estimate of drug-likeness (QED) is 0.184. The van der Waals surface area contributed by atoms with Gasteiger partial charge >= 0.3 is 0 Å². The minimum absolute atomic E-state index is 0.0434. The number of hydrogen-bond donors (Lipinski definition) is 1. The molecule has 3 heterocycles. The third-order valence-corrected chi connectivity index (χ3v) is 13.1. The van der Waals surface area contributed by atoms with Gasteiger partial charge in [-0.25, -0.2) is 0 Å². The van der Waals surface area contributed by atoms with Gasteiger partial charge in [-0.15, -0.1) is 0 Å². The number of rotatable bonds is 3. The topological polar surface area (TPSA) is 135 Å². The van der Waals surface area contributed by atoms with Gasteiger partial charge in [-0.3, -0.25) is 19.2 Å². The van der Waals surface area contributed by atoms with Crippen LogP contribution in [0.5, 0.6) is 0 Å². The summed E-state index contributed by atoms with van der Waals surface area (Å²) in [6.07, 6.45) is 0. The van der Waals surface area contributed by atoms with Gasteiger partial charge in [0.05, 0.1) is 43.0 Å². The number of anilines is 2. The Morgan fingerprint density at radius 3 is 1.79 bits per heavy atom. The number of nitrogens with one attached hydrogen (secondary N) is 1. The molecule has 0 spiro atoms. The van der Waals surface area contributed by atoms with Crippen LogP contribution in [0.3, 0.4) is 0 Å². The molecule has 63 heavy (non-hydrogen) atoms. The second kappa shape index (κ2) is 14.9. The molecule has 7 aromatic carbocycles. The molecule has 0 atom stereocenters. The molecule has 0 unspecified atom stereocenters. The van der Waals surface area contributed by atoms with Crippen LogP contribution in [0.2, 0.25) is 0 Å². The predicted molar refractivity (Wildman–Crippen MR) is 249 cm³/mol. The number of fused-ring (bicyclic) bond motifs is 6. The number of hydrogen-bond acceptors (Lipinski definition) is 11. The summed E-state index contributed by atoms with van der Waals surface area (Å²) in [6, 6.07) is 44.9. The van der Waals surface area contributed by atoms with Crippen LogP contribution in [0.4, 0.5) is 11.4 Å². The van der Waals surface area contributed by atoms with Gasteiger partial charge in [0.25, 0.3) is 5.91 Å². The maximum atomic E-state index is 13.2. The normalized spacial score (nSPS) is 12.4. The summed E-state index contributed by atoms with van der Waals surface area (Å²) in [6.45, 7) is 0. The van der Waals surface area contributed by atoms with Crippen LogP contribution >= 0.6 is 23.1 Å². The van der Waals surface area contributed by atoms with Crippen molar-refractivity contribution in [3.63, 3.8) is 0 Å². The molecule has 10 aromatic rings. The number of aromatic nitrogens is 3. The van der Waals surface area contributed by atoms with E-state index < -0.39 is 0 Å². The lowest BCUT2D eigenvalue weighted by Crippen LogP contribution is -2.17. The van der Waals surface area contributed by atoms with Crippen molar-refractivity contribution >= 4 is 88.8 Å². The lowest BCUT2D eigenvalue weighted by atomic mass is 9.86. The van der Waals surface area contributed by atoms with Crippen LogP contribution in [0.25, 0.3) is 64.9 Å². The maximum absolute atomic E-state index is 13.2. The molecule has 3 aliphatic carbocycles. The molecule has 302 valence electrons. The van der Waals surface area contributed by atoms with Gasteiger partial charge in [0.15, 0.2) is 22.9 Å². The van der Waals surface area contributed by atoms with Crippen molar-refractivity contribution in [1.82, 2.24) is 13.9 Å². The molecule has 0 aliphatic heterocycles. The van der Waals surface area contributed by atoms with E-state index in [0.29, 0.717) is 39.1 Å². The molecule has 3 aromatic heterocycles. The molecule has 1 N–H and O–H groups in total. The monoisotopic (exact) mass is 857 g/mol. The van der Waals surface area contributed by atoms with Gasteiger partial charge in [-0.05, 0) is 65.5 Å². The lowest BCUT2D eigenvalue weighted by molar-refractivity contribution is 0.102. The third kappa shape index (κ3) is 6.02. The molecule has 10 nitrogen and oxygen atoms in total. The van der Waals surface area contributed by atoms with Crippen molar-refractivity contribution in [3.05, 3.63) is 185 Å². The molecule has 12 heteroatoms. The minimum Gasteiger partial charge on any atom is -0.377 e. The number of carbonyl (C=O) groups is 4. The van der Waals surface area contributed by atoms with E-state index >= 15 is 0 Å². The number of carbonyl (C=O) groups excluding carboxylic acids is 4. The largest absolute Gasteiger partial charge is 0.377 e. The number of ketones is 3. The van der Waals surface area contributed by atoms with Crippen LogP contribution < -0.4 is 10.2 Å². The van der Waals surface area contributed by atoms with Crippen molar-refractivity contribution in [3.8, 4) is 33.8 Å². The zero-order chi connectivity index (χ0) is 42.9. The molecular weight excluding hydrogens is 827 g/mol. The van der Waals surface area contributed by atoms with Crippen molar-refractivity contribution in [2.75, 3.05) is 24.3 Å². The second-order valence-electron chi connectivity index (χ2n) is 15.3. The second-order valence-corrected chi connectivity index (χ2v) is 16.9. The highest BCUT2D eigenvalue weighted by Gasteiger charge is 2.32.